The van der Waals surface area contributed by atoms with E-state index in [1.165, 1.54) is 0 Å². The average molecular weight is 905 g/mol. The van der Waals surface area contributed by atoms with Crippen LogP contribution in [0.25, 0.3) is 0 Å². The molecule has 0 bridgehead atoms. The van der Waals surface area contributed by atoms with Crippen LogP contribution in [0.4, 0.5) is 0 Å². The smallest absolute Gasteiger partial charge is 0.462 e. The highest BCUT2D eigenvalue weighted by molar-refractivity contribution is 7.47. The third kappa shape index (κ3) is 30.3. The lowest BCUT2D eigenvalue weighted by molar-refractivity contribution is -0.220. The van der Waals surface area contributed by atoms with Gasteiger partial charge in [0, 0.05) is 12.8 Å². The molecule has 0 radical (unpaired) electrons. The van der Waals surface area contributed by atoms with Gasteiger partial charge in [0.05, 0.1) is 6.61 Å². The number of esters is 2. The van der Waals surface area contributed by atoms with Crippen LogP contribution in [0.2, 0.25) is 0 Å². The van der Waals surface area contributed by atoms with E-state index in [1.54, 1.807) is 0 Å². The monoisotopic (exact) mass is 905 g/mol. The van der Waals surface area contributed by atoms with Crippen molar-refractivity contribution in [2.45, 2.75) is 172 Å². The minimum atomic E-state index is -5.15. The second kappa shape index (κ2) is 37.8. The number of aliphatic hydroxyl groups excluding tert-OH is 5. The summed E-state index contributed by atoms with van der Waals surface area (Å²) < 4.78 is 33.4. The molecule has 0 heterocycles. The van der Waals surface area contributed by atoms with Crippen LogP contribution in [-0.4, -0.2) is 98.3 Å². The second-order valence-electron chi connectivity index (χ2n) is 15.1. The Labute approximate surface area is 376 Å². The summed E-state index contributed by atoms with van der Waals surface area (Å²) in [4.78, 5) is 35.7. The van der Waals surface area contributed by atoms with Crippen molar-refractivity contribution in [1.82, 2.24) is 0 Å². The Morgan fingerprint density at radius 3 is 1.37 bits per heavy atom. The van der Waals surface area contributed by atoms with Crippen LogP contribution in [-0.2, 0) is 32.7 Å². The molecule has 0 aliphatic heterocycles. The number of carbonyl (C=O) groups excluding carboxylic acids is 2. The molecule has 1 rings (SSSR count). The van der Waals surface area contributed by atoms with Crippen molar-refractivity contribution >= 4 is 19.8 Å². The summed E-state index contributed by atoms with van der Waals surface area (Å²) in [7, 11) is -5.15. The molecule has 0 saturated heterocycles. The van der Waals surface area contributed by atoms with Gasteiger partial charge in [-0.1, -0.05) is 142 Å². The van der Waals surface area contributed by atoms with Crippen LogP contribution in [0.5, 0.6) is 0 Å². The third-order valence-corrected chi connectivity index (χ3v) is 10.6. The highest BCUT2D eigenvalue weighted by Gasteiger charge is 2.51. The molecule has 6 unspecified atom stereocenters. The topological polar surface area (TPSA) is 210 Å². The van der Waals surface area contributed by atoms with Crippen molar-refractivity contribution in [2.75, 3.05) is 13.2 Å². The van der Waals surface area contributed by atoms with Gasteiger partial charge < -0.3 is 39.9 Å². The lowest BCUT2D eigenvalue weighted by atomic mass is 9.85. The van der Waals surface area contributed by atoms with E-state index in [1.807, 2.05) is 18.2 Å². The molecule has 0 aromatic carbocycles. The lowest BCUT2D eigenvalue weighted by Gasteiger charge is -2.41. The Hall–Kier alpha value is -3.49. The van der Waals surface area contributed by atoms with Gasteiger partial charge in [-0.2, -0.15) is 0 Å². The van der Waals surface area contributed by atoms with Gasteiger partial charge in [-0.05, 0) is 83.5 Å². The fraction of sp³-hybridized carbons (Fsp3) is 0.592. The normalized spacial score (nSPS) is 22.7. The van der Waals surface area contributed by atoms with Crippen molar-refractivity contribution in [3.63, 3.8) is 0 Å². The van der Waals surface area contributed by atoms with Gasteiger partial charge in [0.15, 0.2) is 6.10 Å². The number of hydrogen-bond acceptors (Lipinski definition) is 12. The molecule has 0 amide bonds. The SMILES string of the molecule is CC/C=C\C/C=C\C/C=C\C/C=C\C/C=C\C/C=C\CCC(=O)O[C@H](COC(=O)CCCCCCC/C=C\C/C=C\C/C=C\CC)COP(=O)(O)OC1C(O)C(O)C(O)[C@@H](O)C1O. The van der Waals surface area contributed by atoms with Gasteiger partial charge in [0.25, 0.3) is 0 Å². The molecule has 6 N–H and O–H groups in total. The Balaban J connectivity index is 2.55. The van der Waals surface area contributed by atoms with Crippen molar-refractivity contribution in [3.8, 4) is 0 Å². The minimum absolute atomic E-state index is 0.0394. The standard InChI is InChI=1S/C49H77O13P/c1-3-5-7-9-11-13-15-17-19-20-21-22-24-26-28-30-32-34-36-38-43(51)61-41(40-60-63(57,58)62-49-47(55)45(53)44(52)46(54)48(49)56)39-59-42(50)37-35-33-31-29-27-25-23-18-16-14-12-10-8-6-4-2/h5-8,11-14,17-19,21-23,26,28,32,34,41,44-49,52-56H,3-4,9-10,15-16,20,24-25,27,29-31,33,35-40H2,1-2H3,(H,57,58)/b7-5-,8-6-,13-11-,14-12-,19-17-,22-21-,23-18-,28-26-,34-32-/t41-,44?,45-,46?,47?,48?,49?/m1/s1. The van der Waals surface area contributed by atoms with Gasteiger partial charge in [-0.3, -0.25) is 18.6 Å². The number of carbonyl (C=O) groups is 2. The summed E-state index contributed by atoms with van der Waals surface area (Å²) in [6.07, 6.45) is 38.7. The van der Waals surface area contributed by atoms with Gasteiger partial charge in [-0.25, -0.2) is 4.57 Å². The first-order valence-electron chi connectivity index (χ1n) is 22.7. The molecule has 8 atom stereocenters. The van der Waals surface area contributed by atoms with Crippen LogP contribution >= 0.6 is 7.82 Å². The second-order valence-corrected chi connectivity index (χ2v) is 16.5. The fourth-order valence-electron chi connectivity index (χ4n) is 6.03. The molecule has 0 aromatic heterocycles. The fourth-order valence-corrected chi connectivity index (χ4v) is 7.00. The third-order valence-electron chi connectivity index (χ3n) is 9.62. The van der Waals surface area contributed by atoms with Gasteiger partial charge in [0.2, 0.25) is 0 Å². The summed E-state index contributed by atoms with van der Waals surface area (Å²) in [5, 5.41) is 50.1. The molecule has 1 aliphatic carbocycles. The summed E-state index contributed by atoms with van der Waals surface area (Å²) >= 11 is 0. The predicted octanol–water partition coefficient (Wildman–Crippen LogP) is 8.83. The molecule has 1 saturated carbocycles. The largest absolute Gasteiger partial charge is 0.472 e. The molecule has 1 fully saturated rings. The zero-order chi connectivity index (χ0) is 46.4. The number of unbranched alkanes of at least 4 members (excludes halogenated alkanes) is 5. The van der Waals surface area contributed by atoms with Crippen molar-refractivity contribution in [1.29, 1.82) is 0 Å². The maximum atomic E-state index is 12.8. The number of hydrogen-bond donors (Lipinski definition) is 6. The van der Waals surface area contributed by atoms with E-state index in [4.69, 9.17) is 18.5 Å². The summed E-state index contributed by atoms with van der Waals surface area (Å²) in [6.45, 7) is 2.97. The number of ether oxygens (including phenoxy) is 2. The van der Waals surface area contributed by atoms with Gasteiger partial charge in [-0.15, -0.1) is 0 Å². The summed E-state index contributed by atoms with van der Waals surface area (Å²) in [6, 6.07) is 0. The quantitative estimate of drug-likeness (QED) is 0.0152. The van der Waals surface area contributed by atoms with Crippen LogP contribution in [0, 0.1) is 0 Å². The first kappa shape index (κ1) is 57.5. The molecule has 0 aromatic rings. The van der Waals surface area contributed by atoms with E-state index >= 15 is 0 Å². The van der Waals surface area contributed by atoms with E-state index in [0.29, 0.717) is 19.3 Å². The number of aliphatic hydroxyl groups is 5. The maximum absolute atomic E-state index is 12.8. The molecular weight excluding hydrogens is 828 g/mol. The zero-order valence-electron chi connectivity index (χ0n) is 37.6. The van der Waals surface area contributed by atoms with Crippen molar-refractivity contribution < 1.29 is 63.1 Å². The minimum Gasteiger partial charge on any atom is -0.462 e. The number of phosphoric acid groups is 1. The highest BCUT2D eigenvalue weighted by Crippen LogP contribution is 2.47. The molecule has 13 nitrogen and oxygen atoms in total. The van der Waals surface area contributed by atoms with E-state index in [0.717, 1.165) is 83.5 Å². The number of phosphoric ester groups is 1. The van der Waals surface area contributed by atoms with Crippen LogP contribution < -0.4 is 0 Å². The number of allylic oxidation sites excluding steroid dienone is 18. The van der Waals surface area contributed by atoms with Crippen LogP contribution in [0.3, 0.4) is 0 Å². The first-order valence-corrected chi connectivity index (χ1v) is 24.2. The molecular formula is C49H77O13P. The van der Waals surface area contributed by atoms with Crippen LogP contribution in [0.15, 0.2) is 109 Å². The van der Waals surface area contributed by atoms with Crippen LogP contribution in [0.1, 0.15) is 129 Å². The van der Waals surface area contributed by atoms with E-state index in [2.05, 4.69) is 105 Å². The van der Waals surface area contributed by atoms with Crippen molar-refractivity contribution in [2.24, 2.45) is 0 Å². The number of rotatable bonds is 35. The predicted molar refractivity (Wildman–Crippen MR) is 248 cm³/mol. The molecule has 0 spiro atoms. The van der Waals surface area contributed by atoms with E-state index in [9.17, 15) is 44.6 Å². The Bertz CT molecular complexity index is 1510. The van der Waals surface area contributed by atoms with E-state index in [-0.39, 0.29) is 12.8 Å². The maximum Gasteiger partial charge on any atom is 0.472 e. The molecule has 1 aliphatic rings. The molecule has 356 valence electrons. The van der Waals surface area contributed by atoms with Crippen molar-refractivity contribution in [3.05, 3.63) is 109 Å². The average Bonchev–Trinajstić information content (AvgIpc) is 3.26. The lowest BCUT2D eigenvalue weighted by Crippen LogP contribution is -2.64. The zero-order valence-corrected chi connectivity index (χ0v) is 38.5. The van der Waals surface area contributed by atoms with Gasteiger partial charge >= 0.3 is 19.8 Å². The molecule has 63 heavy (non-hydrogen) atoms. The Kier molecular flexibility index (Phi) is 34.6. The Morgan fingerprint density at radius 2 is 0.889 bits per heavy atom. The Morgan fingerprint density at radius 1 is 0.492 bits per heavy atom. The van der Waals surface area contributed by atoms with E-state index < -0.39 is 75.7 Å². The first-order chi connectivity index (χ1) is 30.4. The molecule has 14 heteroatoms. The van der Waals surface area contributed by atoms with Gasteiger partial charge in [0.1, 0.15) is 43.2 Å². The highest BCUT2D eigenvalue weighted by atomic mass is 31.2. The summed E-state index contributed by atoms with van der Waals surface area (Å²) in [5.74, 6) is -1.23. The summed E-state index contributed by atoms with van der Waals surface area (Å²) in [5.41, 5.74) is 0.